The fourth-order valence-electron chi connectivity index (χ4n) is 2.64. The summed E-state index contributed by atoms with van der Waals surface area (Å²) in [4.78, 5) is 14.0. The number of anilines is 1. The second-order valence-electron chi connectivity index (χ2n) is 5.38. The van der Waals surface area contributed by atoms with Crippen molar-refractivity contribution in [2.75, 3.05) is 18.6 Å². The number of nitrogens with zero attached hydrogens (tertiary/aromatic N) is 2. The summed E-state index contributed by atoms with van der Waals surface area (Å²) in [5.74, 6) is 1.49. The average Bonchev–Trinajstić information content (AvgIpc) is 2.87. The van der Waals surface area contributed by atoms with E-state index in [2.05, 4.69) is 5.16 Å². The number of aryl methyl sites for hydroxylation is 2. The van der Waals surface area contributed by atoms with Crippen LogP contribution >= 0.6 is 0 Å². The van der Waals surface area contributed by atoms with E-state index in [1.807, 2.05) is 13.8 Å². The zero-order valence-electron chi connectivity index (χ0n) is 13.3. The van der Waals surface area contributed by atoms with Gasteiger partial charge in [-0.15, -0.1) is 0 Å². The Morgan fingerprint density at radius 1 is 1.39 bits per heavy atom. The Morgan fingerprint density at radius 3 is 2.78 bits per heavy atom. The molecule has 23 heavy (non-hydrogen) atoms. The number of rotatable bonds is 4. The largest absolute Gasteiger partial charge is 0.493 e. The number of benzene rings is 1. The van der Waals surface area contributed by atoms with E-state index in [-0.39, 0.29) is 19.1 Å². The van der Waals surface area contributed by atoms with E-state index in [0.29, 0.717) is 35.1 Å². The number of carbonyl (C=O) groups is 1. The van der Waals surface area contributed by atoms with Gasteiger partial charge in [0.05, 0.1) is 31.6 Å². The van der Waals surface area contributed by atoms with E-state index < -0.39 is 0 Å². The highest BCUT2D eigenvalue weighted by molar-refractivity contribution is 5.98. The first-order valence-electron chi connectivity index (χ1n) is 7.21. The highest BCUT2D eigenvalue weighted by Gasteiger charge is 2.30. The second-order valence-corrected chi connectivity index (χ2v) is 5.38. The Hall–Kier alpha value is -2.54. The number of aromatic nitrogens is 1. The molecule has 2 aromatic rings. The first-order chi connectivity index (χ1) is 11.0. The molecule has 2 heterocycles. The van der Waals surface area contributed by atoms with Gasteiger partial charge in [-0.2, -0.15) is 0 Å². The molecule has 1 N–H and O–H groups in total. The van der Waals surface area contributed by atoms with E-state index in [9.17, 15) is 9.90 Å². The third-order valence-electron chi connectivity index (χ3n) is 3.93. The lowest BCUT2D eigenvalue weighted by atomic mass is 10.1. The molecule has 1 aliphatic rings. The van der Waals surface area contributed by atoms with Gasteiger partial charge in [0.15, 0.2) is 18.1 Å². The van der Waals surface area contributed by atoms with Gasteiger partial charge in [0.2, 0.25) is 0 Å². The first kappa shape index (κ1) is 15.4. The van der Waals surface area contributed by atoms with Crippen LogP contribution in [0.25, 0.3) is 0 Å². The van der Waals surface area contributed by atoms with E-state index in [1.54, 1.807) is 17.0 Å². The second kappa shape index (κ2) is 5.92. The number of fused-ring (bicyclic) bond motifs is 1. The zero-order valence-corrected chi connectivity index (χ0v) is 13.3. The highest BCUT2D eigenvalue weighted by atomic mass is 16.5. The molecule has 0 fully saturated rings. The Morgan fingerprint density at radius 2 is 2.17 bits per heavy atom. The summed E-state index contributed by atoms with van der Waals surface area (Å²) in [6.45, 7) is 3.75. The molecule has 0 saturated heterocycles. The fourth-order valence-corrected chi connectivity index (χ4v) is 2.64. The Labute approximate surface area is 133 Å². The predicted molar refractivity (Wildman–Crippen MR) is 81.6 cm³/mol. The Balaban J connectivity index is 2.07. The van der Waals surface area contributed by atoms with Crippen LogP contribution in [-0.4, -0.2) is 29.9 Å². The topological polar surface area (TPSA) is 85.0 Å². The number of ether oxygens (including phenoxy) is 2. The maximum atomic E-state index is 12.4. The number of hydrogen-bond donors (Lipinski definition) is 1. The van der Waals surface area contributed by atoms with Crippen LogP contribution in [0.4, 0.5) is 5.69 Å². The van der Waals surface area contributed by atoms with Gasteiger partial charge in [-0.3, -0.25) is 4.79 Å². The van der Waals surface area contributed by atoms with E-state index >= 15 is 0 Å². The lowest BCUT2D eigenvalue weighted by Gasteiger charge is -2.30. The summed E-state index contributed by atoms with van der Waals surface area (Å²) in [7, 11) is 1.52. The number of carbonyl (C=O) groups excluding carboxylic acids is 1. The van der Waals surface area contributed by atoms with Gasteiger partial charge in [-0.1, -0.05) is 5.16 Å². The molecule has 0 aliphatic carbocycles. The van der Waals surface area contributed by atoms with Crippen molar-refractivity contribution in [2.24, 2.45) is 0 Å². The summed E-state index contributed by atoms with van der Waals surface area (Å²) in [5.41, 5.74) is 2.82. The van der Waals surface area contributed by atoms with Crippen LogP contribution in [-0.2, 0) is 17.9 Å². The average molecular weight is 318 g/mol. The molecular formula is C16H18N2O5. The SMILES string of the molecule is COc1cc(CO)cc2c1OCC(=O)N2Cc1c(C)noc1C. The molecule has 0 radical (unpaired) electrons. The van der Waals surface area contributed by atoms with Gasteiger partial charge >= 0.3 is 0 Å². The van der Waals surface area contributed by atoms with Crippen LogP contribution in [0.2, 0.25) is 0 Å². The molecule has 7 heteroatoms. The lowest BCUT2D eigenvalue weighted by Crippen LogP contribution is -2.38. The van der Waals surface area contributed by atoms with Crippen molar-refractivity contribution in [3.8, 4) is 11.5 Å². The standard InChI is InChI=1S/C16H18N2O5/c1-9-12(10(2)23-17-9)6-18-13-4-11(7-19)5-14(21-3)16(13)22-8-15(18)20/h4-5,19H,6-8H2,1-3H3. The fraction of sp³-hybridized carbons (Fsp3) is 0.375. The summed E-state index contributed by atoms with van der Waals surface area (Å²) in [5, 5.41) is 13.4. The minimum Gasteiger partial charge on any atom is -0.493 e. The van der Waals surface area contributed by atoms with Gasteiger partial charge in [0.1, 0.15) is 5.76 Å². The van der Waals surface area contributed by atoms with Crippen molar-refractivity contribution in [1.29, 1.82) is 0 Å². The molecule has 1 aromatic heterocycles. The van der Waals surface area contributed by atoms with Gasteiger partial charge in [-0.05, 0) is 31.5 Å². The molecule has 0 atom stereocenters. The van der Waals surface area contributed by atoms with Gasteiger partial charge < -0.3 is 24.0 Å². The molecule has 3 rings (SSSR count). The van der Waals surface area contributed by atoms with Crippen LogP contribution in [0.1, 0.15) is 22.6 Å². The third kappa shape index (κ3) is 2.63. The summed E-state index contributed by atoms with van der Waals surface area (Å²) < 4.78 is 16.0. The molecule has 1 amide bonds. The van der Waals surface area contributed by atoms with Crippen LogP contribution in [0.5, 0.6) is 11.5 Å². The van der Waals surface area contributed by atoms with Crippen LogP contribution in [0, 0.1) is 13.8 Å². The monoisotopic (exact) mass is 318 g/mol. The molecule has 0 unspecified atom stereocenters. The van der Waals surface area contributed by atoms with Gasteiger partial charge in [0.25, 0.3) is 5.91 Å². The summed E-state index contributed by atoms with van der Waals surface area (Å²) in [6.07, 6.45) is 0. The van der Waals surface area contributed by atoms with E-state index in [0.717, 1.165) is 11.3 Å². The number of hydrogen-bond acceptors (Lipinski definition) is 6. The van der Waals surface area contributed by atoms with E-state index in [1.165, 1.54) is 7.11 Å². The third-order valence-corrected chi connectivity index (χ3v) is 3.93. The molecule has 1 aromatic carbocycles. The first-order valence-corrected chi connectivity index (χ1v) is 7.21. The molecule has 0 bridgehead atoms. The lowest BCUT2D eigenvalue weighted by molar-refractivity contribution is -0.121. The normalized spacial score (nSPS) is 13.7. The zero-order chi connectivity index (χ0) is 16.6. The van der Waals surface area contributed by atoms with Crippen molar-refractivity contribution < 1.29 is 23.9 Å². The van der Waals surface area contributed by atoms with Crippen molar-refractivity contribution in [3.63, 3.8) is 0 Å². The molecular weight excluding hydrogens is 300 g/mol. The maximum Gasteiger partial charge on any atom is 0.265 e. The van der Waals surface area contributed by atoms with Gasteiger partial charge in [0, 0.05) is 5.56 Å². The molecule has 7 nitrogen and oxygen atoms in total. The minimum absolute atomic E-state index is 0.0643. The molecule has 0 spiro atoms. The van der Waals surface area contributed by atoms with E-state index in [4.69, 9.17) is 14.0 Å². The maximum absolute atomic E-state index is 12.4. The summed E-state index contributed by atoms with van der Waals surface area (Å²) in [6, 6.07) is 3.43. The Kier molecular flexibility index (Phi) is 3.96. The highest BCUT2D eigenvalue weighted by Crippen LogP contribution is 2.42. The van der Waals surface area contributed by atoms with Crippen molar-refractivity contribution in [3.05, 3.63) is 34.7 Å². The molecule has 122 valence electrons. The number of aliphatic hydroxyl groups excluding tert-OH is 1. The van der Waals surface area contributed by atoms with Gasteiger partial charge in [-0.25, -0.2) is 0 Å². The molecule has 0 saturated carbocycles. The minimum atomic E-state index is -0.172. The Bertz CT molecular complexity index is 734. The van der Waals surface area contributed by atoms with Crippen molar-refractivity contribution in [2.45, 2.75) is 27.0 Å². The number of aliphatic hydroxyl groups is 1. The van der Waals surface area contributed by atoms with Crippen molar-refractivity contribution >= 4 is 11.6 Å². The van der Waals surface area contributed by atoms with Crippen LogP contribution in [0.3, 0.4) is 0 Å². The quantitative estimate of drug-likeness (QED) is 0.924. The predicted octanol–water partition coefficient (Wildman–Crippen LogP) is 1.72. The van der Waals surface area contributed by atoms with Crippen LogP contribution in [0.15, 0.2) is 16.7 Å². The molecule has 1 aliphatic heterocycles. The number of methoxy groups -OCH3 is 1. The van der Waals surface area contributed by atoms with Crippen molar-refractivity contribution in [1.82, 2.24) is 5.16 Å². The smallest absolute Gasteiger partial charge is 0.265 e. The van der Waals surface area contributed by atoms with Crippen LogP contribution < -0.4 is 14.4 Å². The number of amides is 1. The summed E-state index contributed by atoms with van der Waals surface area (Å²) >= 11 is 0.